The van der Waals surface area contributed by atoms with E-state index in [2.05, 4.69) is 31.0 Å². The summed E-state index contributed by atoms with van der Waals surface area (Å²) in [6, 6.07) is 10.6. The van der Waals surface area contributed by atoms with Gasteiger partial charge in [-0.15, -0.1) is 0 Å². The van der Waals surface area contributed by atoms with Gasteiger partial charge in [-0.1, -0.05) is 41.9 Å². The molecule has 5 rings (SSSR count). The Kier molecular flexibility index (Phi) is 6.01. The van der Waals surface area contributed by atoms with Crippen molar-refractivity contribution >= 4 is 27.5 Å². The largest absolute Gasteiger partial charge is 0.388 e. The predicted octanol–water partition coefficient (Wildman–Crippen LogP) is 2.63. The lowest BCUT2D eigenvalue weighted by molar-refractivity contribution is -0.309. The highest BCUT2D eigenvalue weighted by Crippen LogP contribution is 2.38. The first-order valence-electron chi connectivity index (χ1n) is 10.1. The number of hydrogen-bond acceptors (Lipinski definition) is 8. The van der Waals surface area contributed by atoms with Crippen LogP contribution in [0.2, 0.25) is 5.02 Å². The van der Waals surface area contributed by atoms with E-state index < -0.39 is 36.7 Å². The Morgan fingerprint density at radius 1 is 1.25 bits per heavy atom. The molecule has 0 aliphatic carbocycles. The zero-order valence-corrected chi connectivity index (χ0v) is 19.3. The normalized spacial score (nSPS) is 30.2. The molecular formula is C21H21BrClN5O4. The summed E-state index contributed by atoms with van der Waals surface area (Å²) in [5, 5.41) is 15.9. The molecule has 9 nitrogen and oxygen atoms in total. The van der Waals surface area contributed by atoms with E-state index in [0.717, 1.165) is 5.56 Å². The van der Waals surface area contributed by atoms with Crippen molar-refractivity contribution in [2.45, 2.75) is 43.7 Å². The first-order chi connectivity index (χ1) is 15.4. The molecule has 2 aliphatic heterocycles. The van der Waals surface area contributed by atoms with Crippen molar-refractivity contribution in [3.8, 4) is 5.69 Å². The molecule has 6 atom stereocenters. The first kappa shape index (κ1) is 21.9. The van der Waals surface area contributed by atoms with Crippen molar-refractivity contribution < 1.29 is 19.3 Å². The van der Waals surface area contributed by atoms with Gasteiger partial charge < -0.3 is 25.1 Å². The van der Waals surface area contributed by atoms with Crippen LogP contribution in [0, 0.1) is 6.92 Å². The van der Waals surface area contributed by atoms with Crippen LogP contribution in [0.15, 0.2) is 47.2 Å². The Balaban J connectivity index is 1.42. The van der Waals surface area contributed by atoms with E-state index in [1.807, 2.05) is 30.3 Å². The van der Waals surface area contributed by atoms with Crippen molar-refractivity contribution in [2.24, 2.45) is 5.73 Å². The van der Waals surface area contributed by atoms with E-state index >= 15 is 0 Å². The molecule has 0 saturated carbocycles. The minimum absolute atomic E-state index is 0.264. The molecule has 2 fully saturated rings. The molecule has 2 aromatic heterocycles. The van der Waals surface area contributed by atoms with E-state index in [1.54, 1.807) is 23.9 Å². The SMILES string of the molecule is Cc1nc([C@@H]2O[C@@H]3COC(c4ccccc4)O[C@@H]3[C@H](N)[C@H]2O)n(-c2cnc(Br)c(Cl)c2)n1. The number of rotatable bonds is 3. The molecule has 0 radical (unpaired) electrons. The molecule has 1 unspecified atom stereocenters. The Morgan fingerprint density at radius 3 is 2.78 bits per heavy atom. The van der Waals surface area contributed by atoms with Crippen molar-refractivity contribution in [1.29, 1.82) is 0 Å². The summed E-state index contributed by atoms with van der Waals surface area (Å²) in [7, 11) is 0. The van der Waals surface area contributed by atoms with Gasteiger partial charge in [0, 0.05) is 5.56 Å². The third-order valence-corrected chi connectivity index (χ3v) is 6.70. The van der Waals surface area contributed by atoms with E-state index in [4.69, 9.17) is 31.5 Å². The summed E-state index contributed by atoms with van der Waals surface area (Å²) >= 11 is 9.49. The molecule has 3 N–H and O–H groups in total. The lowest BCUT2D eigenvalue weighted by Crippen LogP contribution is -2.62. The molecule has 168 valence electrons. The Hall–Kier alpha value is -1.92. The van der Waals surface area contributed by atoms with Crippen LogP contribution in [-0.2, 0) is 14.2 Å². The predicted molar refractivity (Wildman–Crippen MR) is 118 cm³/mol. The average molecular weight is 523 g/mol. The molecule has 3 aromatic rings. The molecule has 2 aliphatic rings. The smallest absolute Gasteiger partial charge is 0.184 e. The number of benzene rings is 1. The van der Waals surface area contributed by atoms with Gasteiger partial charge in [0.05, 0.1) is 29.6 Å². The number of nitrogens with two attached hydrogens (primary N) is 1. The summed E-state index contributed by atoms with van der Waals surface area (Å²) in [4.78, 5) is 8.71. The number of ether oxygens (including phenoxy) is 3. The molecule has 2 saturated heterocycles. The second-order valence-corrected chi connectivity index (χ2v) is 8.89. The number of aliphatic hydroxyl groups excluding tert-OH is 1. The second-order valence-electron chi connectivity index (χ2n) is 7.73. The maximum atomic E-state index is 11.1. The summed E-state index contributed by atoms with van der Waals surface area (Å²) < 4.78 is 20.3. The number of aromatic nitrogens is 4. The molecule has 1 aromatic carbocycles. The standard InChI is InChI=1S/C21H21BrClN5O4/c1-10-26-20(28(27-10)12-7-13(23)19(22)25-8-12)18-16(29)15(24)17-14(31-18)9-30-21(32-17)11-5-3-2-4-6-11/h2-8,14-18,21,29H,9,24H2,1H3/t14-,15-,16-,17+,18-,21?/m1/s1. The average Bonchev–Trinajstić information content (AvgIpc) is 3.19. The maximum Gasteiger partial charge on any atom is 0.184 e. The van der Waals surface area contributed by atoms with Crippen LogP contribution in [0.4, 0.5) is 0 Å². The zero-order valence-electron chi connectivity index (χ0n) is 17.0. The van der Waals surface area contributed by atoms with Crippen molar-refractivity contribution in [3.63, 3.8) is 0 Å². The number of nitrogens with zero attached hydrogens (tertiary/aromatic N) is 4. The van der Waals surface area contributed by atoms with Crippen molar-refractivity contribution in [2.75, 3.05) is 6.61 Å². The van der Waals surface area contributed by atoms with Crippen LogP contribution in [0.5, 0.6) is 0 Å². The topological polar surface area (TPSA) is 118 Å². The Bertz CT molecular complexity index is 1110. The molecule has 0 bridgehead atoms. The fourth-order valence-electron chi connectivity index (χ4n) is 4.00. The number of aryl methyl sites for hydroxylation is 1. The van der Waals surface area contributed by atoms with Gasteiger partial charge in [0.1, 0.15) is 34.8 Å². The minimum Gasteiger partial charge on any atom is -0.388 e. The van der Waals surface area contributed by atoms with Gasteiger partial charge in [0.15, 0.2) is 12.1 Å². The van der Waals surface area contributed by atoms with Crippen molar-refractivity contribution in [3.05, 3.63) is 69.4 Å². The summed E-state index contributed by atoms with van der Waals surface area (Å²) in [5.74, 6) is 0.903. The van der Waals surface area contributed by atoms with Crippen LogP contribution in [0.3, 0.4) is 0 Å². The second kappa shape index (κ2) is 8.79. The zero-order chi connectivity index (χ0) is 22.4. The van der Waals surface area contributed by atoms with Gasteiger partial charge in [-0.25, -0.2) is 14.6 Å². The van der Waals surface area contributed by atoms with Crippen LogP contribution >= 0.6 is 27.5 Å². The third kappa shape index (κ3) is 3.96. The molecule has 32 heavy (non-hydrogen) atoms. The molecule has 11 heteroatoms. The molecule has 4 heterocycles. The van der Waals surface area contributed by atoms with E-state index in [0.29, 0.717) is 27.0 Å². The van der Waals surface area contributed by atoms with E-state index in [-0.39, 0.29) is 6.61 Å². The van der Waals surface area contributed by atoms with Crippen molar-refractivity contribution in [1.82, 2.24) is 19.7 Å². The number of halogens is 2. The molecule has 0 amide bonds. The maximum absolute atomic E-state index is 11.1. The Morgan fingerprint density at radius 2 is 2.03 bits per heavy atom. The number of hydrogen-bond donors (Lipinski definition) is 2. The van der Waals surface area contributed by atoms with Gasteiger partial charge in [-0.2, -0.15) is 5.10 Å². The highest BCUT2D eigenvalue weighted by molar-refractivity contribution is 9.10. The lowest BCUT2D eigenvalue weighted by Gasteiger charge is -2.46. The lowest BCUT2D eigenvalue weighted by atomic mass is 9.92. The number of aliphatic hydroxyl groups is 1. The molecule has 0 spiro atoms. The third-order valence-electron chi connectivity index (χ3n) is 5.56. The highest BCUT2D eigenvalue weighted by Gasteiger charge is 2.49. The van der Waals surface area contributed by atoms with Crippen LogP contribution < -0.4 is 5.73 Å². The Labute approximate surface area is 197 Å². The summed E-state index contributed by atoms with van der Waals surface area (Å²) in [6.07, 6.45) is -1.90. The van der Waals surface area contributed by atoms with Gasteiger partial charge in [-0.05, 0) is 28.9 Å². The van der Waals surface area contributed by atoms with Gasteiger partial charge in [0.25, 0.3) is 0 Å². The summed E-state index contributed by atoms with van der Waals surface area (Å²) in [5.41, 5.74) is 7.90. The van der Waals surface area contributed by atoms with Gasteiger partial charge in [0.2, 0.25) is 0 Å². The first-order valence-corrected chi connectivity index (χ1v) is 11.3. The summed E-state index contributed by atoms with van der Waals surface area (Å²) in [6.45, 7) is 2.02. The number of fused-ring (bicyclic) bond motifs is 1. The van der Waals surface area contributed by atoms with Crippen LogP contribution in [0.1, 0.15) is 29.6 Å². The molecular weight excluding hydrogens is 502 g/mol. The van der Waals surface area contributed by atoms with Gasteiger partial charge >= 0.3 is 0 Å². The van der Waals surface area contributed by atoms with Crippen LogP contribution in [-0.4, -0.2) is 55.8 Å². The minimum atomic E-state index is -1.08. The highest BCUT2D eigenvalue weighted by atomic mass is 79.9. The fourth-order valence-corrected chi connectivity index (χ4v) is 4.38. The van der Waals surface area contributed by atoms with E-state index in [1.165, 1.54) is 0 Å². The fraction of sp³-hybridized carbons (Fsp3) is 0.381. The van der Waals surface area contributed by atoms with E-state index in [9.17, 15) is 5.11 Å². The van der Waals surface area contributed by atoms with Crippen LogP contribution in [0.25, 0.3) is 5.69 Å². The van der Waals surface area contributed by atoms with Gasteiger partial charge in [-0.3, -0.25) is 0 Å². The quantitative estimate of drug-likeness (QED) is 0.504. The monoisotopic (exact) mass is 521 g/mol. The number of pyridine rings is 1.